The van der Waals surface area contributed by atoms with Gasteiger partial charge in [-0.25, -0.2) is 0 Å². The summed E-state index contributed by atoms with van der Waals surface area (Å²) in [5, 5.41) is 8.65. The van der Waals surface area contributed by atoms with Crippen LogP contribution in [0.1, 0.15) is 6.42 Å². The van der Waals surface area contributed by atoms with Crippen LogP contribution in [0.25, 0.3) is 0 Å². The molecule has 0 spiro atoms. The second-order valence-corrected chi connectivity index (χ2v) is 2.23. The number of aliphatic hydroxyl groups is 1. The van der Waals surface area contributed by atoms with Crippen molar-refractivity contribution in [3.63, 3.8) is 0 Å². The second kappa shape index (κ2) is 2.23. The Bertz CT molecular complexity index is 227. The molecule has 0 aromatic heterocycles. The first kappa shape index (κ1) is 8.06. The molecular formula is C5H6F2N2O2. The van der Waals surface area contributed by atoms with Gasteiger partial charge in [-0.15, -0.1) is 0 Å². The average Bonchev–Trinajstić information content (AvgIpc) is 1.84. The van der Waals surface area contributed by atoms with Crippen LogP contribution in [0.5, 0.6) is 0 Å². The van der Waals surface area contributed by atoms with Crippen molar-refractivity contribution in [2.75, 3.05) is 0 Å². The fourth-order valence-corrected chi connectivity index (χ4v) is 0.719. The third kappa shape index (κ3) is 1.21. The molecule has 11 heavy (non-hydrogen) atoms. The van der Waals surface area contributed by atoms with Crippen LogP contribution in [0, 0.1) is 0 Å². The SMILES string of the molecule is NC1=NC(=O)CC(O)C1(F)F. The molecule has 0 bridgehead atoms. The molecule has 1 atom stereocenters. The number of nitrogens with two attached hydrogens (primary N) is 1. The number of hydrogen-bond acceptors (Lipinski definition) is 3. The Morgan fingerprint density at radius 2 is 2.27 bits per heavy atom. The van der Waals surface area contributed by atoms with Gasteiger partial charge in [0.05, 0.1) is 6.42 Å². The summed E-state index contributed by atoms with van der Waals surface area (Å²) >= 11 is 0. The van der Waals surface area contributed by atoms with E-state index < -0.39 is 30.2 Å². The van der Waals surface area contributed by atoms with Crippen molar-refractivity contribution in [1.82, 2.24) is 0 Å². The Kier molecular flexibility index (Phi) is 1.63. The predicted molar refractivity (Wildman–Crippen MR) is 32.2 cm³/mol. The van der Waals surface area contributed by atoms with Crippen molar-refractivity contribution < 1.29 is 18.7 Å². The summed E-state index contributed by atoms with van der Waals surface area (Å²) in [7, 11) is 0. The topological polar surface area (TPSA) is 75.7 Å². The van der Waals surface area contributed by atoms with Gasteiger partial charge in [-0.2, -0.15) is 13.8 Å². The molecule has 1 heterocycles. The highest BCUT2D eigenvalue weighted by molar-refractivity contribution is 6.00. The second-order valence-electron chi connectivity index (χ2n) is 2.23. The number of nitrogens with zero attached hydrogens (tertiary/aromatic N) is 1. The van der Waals surface area contributed by atoms with E-state index >= 15 is 0 Å². The first-order chi connectivity index (χ1) is 4.94. The predicted octanol–water partition coefficient (Wildman–Crippen LogP) is -0.730. The lowest BCUT2D eigenvalue weighted by Crippen LogP contribution is -2.50. The van der Waals surface area contributed by atoms with E-state index in [1.54, 1.807) is 0 Å². The van der Waals surface area contributed by atoms with Crippen LogP contribution in [0.15, 0.2) is 4.99 Å². The monoisotopic (exact) mass is 164 g/mol. The summed E-state index contributed by atoms with van der Waals surface area (Å²) in [6, 6.07) is 0. The van der Waals surface area contributed by atoms with E-state index in [1.165, 1.54) is 0 Å². The number of hydrogen-bond donors (Lipinski definition) is 2. The zero-order valence-corrected chi connectivity index (χ0v) is 5.42. The zero-order chi connectivity index (χ0) is 8.65. The summed E-state index contributed by atoms with van der Waals surface area (Å²) in [6.45, 7) is 0. The van der Waals surface area contributed by atoms with Crippen LogP contribution in [-0.2, 0) is 4.79 Å². The molecule has 1 aliphatic rings. The van der Waals surface area contributed by atoms with Crippen LogP contribution < -0.4 is 5.73 Å². The van der Waals surface area contributed by atoms with Gasteiger partial charge in [0.25, 0.3) is 0 Å². The van der Waals surface area contributed by atoms with Crippen LogP contribution in [0.3, 0.4) is 0 Å². The number of alkyl halides is 2. The summed E-state index contributed by atoms with van der Waals surface area (Å²) in [4.78, 5) is 13.2. The number of amides is 1. The van der Waals surface area contributed by atoms with Gasteiger partial charge >= 0.3 is 5.92 Å². The molecule has 0 aromatic rings. The van der Waals surface area contributed by atoms with E-state index in [1.807, 2.05) is 0 Å². The lowest BCUT2D eigenvalue weighted by atomic mass is 10.1. The third-order valence-electron chi connectivity index (χ3n) is 1.37. The van der Waals surface area contributed by atoms with Gasteiger partial charge in [0.15, 0.2) is 5.84 Å². The van der Waals surface area contributed by atoms with Gasteiger partial charge in [0, 0.05) is 0 Å². The Morgan fingerprint density at radius 3 is 2.73 bits per heavy atom. The lowest BCUT2D eigenvalue weighted by Gasteiger charge is -2.23. The Labute approximate surface area is 60.7 Å². The lowest BCUT2D eigenvalue weighted by molar-refractivity contribution is -0.128. The number of carbonyl (C=O) groups is 1. The fraction of sp³-hybridized carbons (Fsp3) is 0.600. The van der Waals surface area contributed by atoms with Crippen LogP contribution in [0.4, 0.5) is 8.78 Å². The van der Waals surface area contributed by atoms with E-state index in [9.17, 15) is 13.6 Å². The molecule has 0 saturated heterocycles. The van der Waals surface area contributed by atoms with E-state index in [0.717, 1.165) is 0 Å². The summed E-state index contributed by atoms with van der Waals surface area (Å²) in [5.41, 5.74) is 4.71. The summed E-state index contributed by atoms with van der Waals surface area (Å²) < 4.78 is 25.0. The summed E-state index contributed by atoms with van der Waals surface area (Å²) in [6.07, 6.45) is -2.71. The minimum absolute atomic E-state index is 0.673. The molecule has 0 radical (unpaired) electrons. The molecule has 0 aliphatic carbocycles. The van der Waals surface area contributed by atoms with Crippen molar-refractivity contribution in [3.05, 3.63) is 0 Å². The molecule has 0 fully saturated rings. The summed E-state index contributed by atoms with van der Waals surface area (Å²) in [5.74, 6) is -5.49. The highest BCUT2D eigenvalue weighted by Gasteiger charge is 2.47. The Hall–Kier alpha value is -1.04. The van der Waals surface area contributed by atoms with Crippen molar-refractivity contribution in [1.29, 1.82) is 0 Å². The number of carbonyl (C=O) groups excluding carboxylic acids is 1. The molecule has 1 amide bonds. The van der Waals surface area contributed by atoms with Gasteiger partial charge in [-0.05, 0) is 0 Å². The largest absolute Gasteiger partial charge is 0.386 e. The Morgan fingerprint density at radius 1 is 1.73 bits per heavy atom. The average molecular weight is 164 g/mol. The highest BCUT2D eigenvalue weighted by atomic mass is 19.3. The standard InChI is InChI=1S/C5H6F2N2O2/c6-5(7)2(10)1-3(11)9-4(5)8/h2,10H,1H2,(H2,8,9,11). The molecule has 4 nitrogen and oxygen atoms in total. The van der Waals surface area contributed by atoms with Crippen molar-refractivity contribution >= 4 is 11.7 Å². The fourth-order valence-electron chi connectivity index (χ4n) is 0.719. The van der Waals surface area contributed by atoms with Crippen LogP contribution in [-0.4, -0.2) is 28.9 Å². The van der Waals surface area contributed by atoms with E-state index in [0.29, 0.717) is 0 Å². The number of halogens is 2. The number of aliphatic imine (C=N–C) groups is 1. The third-order valence-corrected chi connectivity index (χ3v) is 1.37. The molecule has 1 rings (SSSR count). The minimum Gasteiger partial charge on any atom is -0.386 e. The molecule has 1 aliphatic heterocycles. The normalized spacial score (nSPS) is 29.9. The first-order valence-electron chi connectivity index (χ1n) is 2.88. The number of aliphatic hydroxyl groups excluding tert-OH is 1. The van der Waals surface area contributed by atoms with Gasteiger partial charge in [-0.1, -0.05) is 0 Å². The maximum absolute atomic E-state index is 12.5. The van der Waals surface area contributed by atoms with Crippen LogP contribution >= 0.6 is 0 Å². The van der Waals surface area contributed by atoms with Crippen molar-refractivity contribution in [3.8, 4) is 0 Å². The van der Waals surface area contributed by atoms with Gasteiger partial charge in [-0.3, -0.25) is 4.79 Å². The molecule has 6 heteroatoms. The number of amidine groups is 1. The molecular weight excluding hydrogens is 158 g/mol. The smallest absolute Gasteiger partial charge is 0.329 e. The molecule has 0 saturated carbocycles. The number of rotatable bonds is 0. The molecule has 3 N–H and O–H groups in total. The highest BCUT2D eigenvalue weighted by Crippen LogP contribution is 2.25. The van der Waals surface area contributed by atoms with E-state index in [-0.39, 0.29) is 0 Å². The zero-order valence-electron chi connectivity index (χ0n) is 5.42. The van der Waals surface area contributed by atoms with Gasteiger partial charge in [0.2, 0.25) is 5.91 Å². The maximum atomic E-state index is 12.5. The van der Waals surface area contributed by atoms with Crippen LogP contribution in [0.2, 0.25) is 0 Å². The van der Waals surface area contributed by atoms with E-state index in [4.69, 9.17) is 10.8 Å². The van der Waals surface area contributed by atoms with Crippen molar-refractivity contribution in [2.45, 2.75) is 18.4 Å². The molecule has 1 unspecified atom stereocenters. The quantitative estimate of drug-likeness (QED) is 0.495. The maximum Gasteiger partial charge on any atom is 0.329 e. The Balaban J connectivity index is 2.99. The van der Waals surface area contributed by atoms with Crippen molar-refractivity contribution in [2.24, 2.45) is 10.7 Å². The minimum atomic E-state index is -3.56. The molecule has 0 aromatic carbocycles. The van der Waals surface area contributed by atoms with Gasteiger partial charge in [0.1, 0.15) is 6.10 Å². The molecule has 62 valence electrons. The first-order valence-corrected chi connectivity index (χ1v) is 2.88. The van der Waals surface area contributed by atoms with E-state index in [2.05, 4.69) is 4.99 Å². The van der Waals surface area contributed by atoms with Gasteiger partial charge < -0.3 is 10.8 Å².